The summed E-state index contributed by atoms with van der Waals surface area (Å²) >= 11 is 0. The van der Waals surface area contributed by atoms with Crippen LogP contribution in [0.25, 0.3) is 0 Å². The molecular weight excluding hydrogens is 248 g/mol. The first-order chi connectivity index (χ1) is 9.31. The van der Waals surface area contributed by atoms with Crippen LogP contribution in [0, 0.1) is 5.92 Å². The molecule has 1 aliphatic rings. The molecule has 1 unspecified atom stereocenters. The van der Waals surface area contributed by atoms with Crippen molar-refractivity contribution in [3.63, 3.8) is 0 Å². The molecule has 0 heterocycles. The topological polar surface area (TPSA) is 55.1 Å². The lowest BCUT2D eigenvalue weighted by molar-refractivity contribution is -0.128. The number of hydrogen-bond acceptors (Lipinski definition) is 2. The Morgan fingerprint density at radius 1 is 1.25 bits per heavy atom. The number of aryl methyl sites for hydroxylation is 1. The molecule has 2 rings (SSSR count). The highest BCUT2D eigenvalue weighted by Crippen LogP contribution is 2.38. The molecule has 1 saturated carbocycles. The summed E-state index contributed by atoms with van der Waals surface area (Å²) in [5, 5.41) is 3.12. The first-order valence-electron chi connectivity index (χ1n) is 7.47. The van der Waals surface area contributed by atoms with Gasteiger partial charge in [-0.3, -0.25) is 4.79 Å². The molecule has 1 fully saturated rings. The van der Waals surface area contributed by atoms with Gasteiger partial charge >= 0.3 is 0 Å². The summed E-state index contributed by atoms with van der Waals surface area (Å²) < 4.78 is 0. The van der Waals surface area contributed by atoms with Gasteiger partial charge in [0.05, 0.1) is 5.54 Å². The summed E-state index contributed by atoms with van der Waals surface area (Å²) in [4.78, 5) is 12.3. The van der Waals surface area contributed by atoms with Gasteiger partial charge < -0.3 is 11.1 Å². The average molecular weight is 274 g/mol. The van der Waals surface area contributed by atoms with Crippen LogP contribution in [-0.2, 0) is 11.2 Å². The van der Waals surface area contributed by atoms with Gasteiger partial charge in [0.1, 0.15) is 0 Å². The van der Waals surface area contributed by atoms with Crippen LogP contribution in [0.3, 0.4) is 0 Å². The Bertz CT molecular complexity index is 461. The summed E-state index contributed by atoms with van der Waals surface area (Å²) in [6, 6.07) is 10.4. The monoisotopic (exact) mass is 274 g/mol. The standard InChI is InChI=1S/C17H26N2O/c1-16(2,12-11-13-7-5-4-6-8-13)19-15(20)17(3,18)14-9-10-14/h4-8,14H,9-12,18H2,1-3H3,(H,19,20). The highest BCUT2D eigenvalue weighted by Gasteiger charge is 2.45. The van der Waals surface area contributed by atoms with Crippen molar-refractivity contribution >= 4 is 5.91 Å². The van der Waals surface area contributed by atoms with E-state index in [2.05, 4.69) is 31.3 Å². The van der Waals surface area contributed by atoms with Gasteiger partial charge in [-0.1, -0.05) is 30.3 Å². The fourth-order valence-corrected chi connectivity index (χ4v) is 2.47. The maximum atomic E-state index is 12.3. The van der Waals surface area contributed by atoms with Crippen molar-refractivity contribution in [3.8, 4) is 0 Å². The maximum absolute atomic E-state index is 12.3. The van der Waals surface area contributed by atoms with Gasteiger partial charge in [-0.25, -0.2) is 0 Å². The predicted molar refractivity (Wildman–Crippen MR) is 82.3 cm³/mol. The van der Waals surface area contributed by atoms with Gasteiger partial charge in [0.2, 0.25) is 5.91 Å². The summed E-state index contributed by atoms with van der Waals surface area (Å²) in [6.45, 7) is 5.99. The Morgan fingerprint density at radius 2 is 1.85 bits per heavy atom. The number of carbonyl (C=O) groups is 1. The molecule has 0 bridgehead atoms. The molecule has 1 aliphatic carbocycles. The lowest BCUT2D eigenvalue weighted by atomic mass is 9.91. The van der Waals surface area contributed by atoms with E-state index in [1.807, 2.05) is 25.1 Å². The second kappa shape index (κ2) is 5.57. The Kier molecular flexibility index (Phi) is 4.19. The van der Waals surface area contributed by atoms with Crippen LogP contribution in [-0.4, -0.2) is 17.0 Å². The van der Waals surface area contributed by atoms with Crippen molar-refractivity contribution in [2.24, 2.45) is 11.7 Å². The Morgan fingerprint density at radius 3 is 2.40 bits per heavy atom. The number of hydrogen-bond donors (Lipinski definition) is 2. The number of rotatable bonds is 6. The summed E-state index contributed by atoms with van der Waals surface area (Å²) in [5.74, 6) is 0.338. The molecule has 0 aromatic heterocycles. The van der Waals surface area contributed by atoms with Crippen molar-refractivity contribution in [1.29, 1.82) is 0 Å². The minimum Gasteiger partial charge on any atom is -0.350 e. The SMILES string of the molecule is CC(C)(CCc1ccccc1)NC(=O)C(C)(N)C1CC1. The van der Waals surface area contributed by atoms with E-state index in [0.717, 1.165) is 25.7 Å². The van der Waals surface area contributed by atoms with Crippen LogP contribution in [0.2, 0.25) is 0 Å². The number of carbonyl (C=O) groups excluding carboxylic acids is 1. The molecule has 3 nitrogen and oxygen atoms in total. The smallest absolute Gasteiger partial charge is 0.240 e. The van der Waals surface area contributed by atoms with Crippen LogP contribution < -0.4 is 11.1 Å². The lowest BCUT2D eigenvalue weighted by Crippen LogP contribution is -2.58. The highest BCUT2D eigenvalue weighted by molar-refractivity contribution is 5.87. The zero-order chi connectivity index (χ0) is 14.8. The van der Waals surface area contributed by atoms with Crippen LogP contribution in [0.4, 0.5) is 0 Å². The van der Waals surface area contributed by atoms with Crippen molar-refractivity contribution < 1.29 is 4.79 Å². The van der Waals surface area contributed by atoms with Gasteiger partial charge in [-0.15, -0.1) is 0 Å². The van der Waals surface area contributed by atoms with E-state index in [4.69, 9.17) is 5.73 Å². The number of nitrogens with one attached hydrogen (secondary N) is 1. The first-order valence-corrected chi connectivity index (χ1v) is 7.47. The van der Waals surface area contributed by atoms with Gasteiger partial charge in [0.15, 0.2) is 0 Å². The molecule has 3 heteroatoms. The third kappa shape index (κ3) is 3.83. The molecule has 0 aliphatic heterocycles. The van der Waals surface area contributed by atoms with E-state index in [-0.39, 0.29) is 11.4 Å². The fraction of sp³-hybridized carbons (Fsp3) is 0.588. The van der Waals surface area contributed by atoms with Crippen LogP contribution >= 0.6 is 0 Å². The molecule has 3 N–H and O–H groups in total. The number of benzene rings is 1. The minimum absolute atomic E-state index is 0.0157. The molecule has 20 heavy (non-hydrogen) atoms. The summed E-state index contributed by atoms with van der Waals surface area (Å²) in [6.07, 6.45) is 4.01. The van der Waals surface area contributed by atoms with Crippen molar-refractivity contribution in [1.82, 2.24) is 5.32 Å². The van der Waals surface area contributed by atoms with Gasteiger partial charge in [0, 0.05) is 5.54 Å². The second-order valence-corrected chi connectivity index (χ2v) is 6.88. The Labute approximate surface area is 121 Å². The van der Waals surface area contributed by atoms with Crippen LogP contribution in [0.1, 0.15) is 45.6 Å². The van der Waals surface area contributed by atoms with Crippen molar-refractivity contribution in [3.05, 3.63) is 35.9 Å². The molecule has 1 aromatic carbocycles. The first kappa shape index (κ1) is 15.0. The molecular formula is C17H26N2O. The third-order valence-corrected chi connectivity index (χ3v) is 4.25. The minimum atomic E-state index is -0.718. The summed E-state index contributed by atoms with van der Waals surface area (Å²) in [7, 11) is 0. The predicted octanol–water partition coefficient (Wildman–Crippen LogP) is 2.64. The zero-order valence-corrected chi connectivity index (χ0v) is 12.8. The quantitative estimate of drug-likeness (QED) is 0.838. The largest absolute Gasteiger partial charge is 0.350 e. The fourth-order valence-electron chi connectivity index (χ4n) is 2.47. The van der Waals surface area contributed by atoms with Crippen LogP contribution in [0.15, 0.2) is 30.3 Å². The normalized spacial score (nSPS) is 18.4. The van der Waals surface area contributed by atoms with Gasteiger partial charge in [-0.05, 0) is 57.9 Å². The second-order valence-electron chi connectivity index (χ2n) is 6.88. The van der Waals surface area contributed by atoms with Crippen molar-refractivity contribution in [2.45, 2.75) is 57.5 Å². The Hall–Kier alpha value is -1.35. The van der Waals surface area contributed by atoms with Crippen molar-refractivity contribution in [2.75, 3.05) is 0 Å². The van der Waals surface area contributed by atoms with E-state index in [1.165, 1.54) is 5.56 Å². The zero-order valence-electron chi connectivity index (χ0n) is 12.8. The number of amides is 1. The van der Waals surface area contributed by atoms with E-state index in [1.54, 1.807) is 0 Å². The molecule has 0 spiro atoms. The molecule has 0 radical (unpaired) electrons. The lowest BCUT2D eigenvalue weighted by Gasteiger charge is -2.32. The maximum Gasteiger partial charge on any atom is 0.240 e. The third-order valence-electron chi connectivity index (χ3n) is 4.25. The van der Waals surface area contributed by atoms with E-state index >= 15 is 0 Å². The molecule has 0 saturated heterocycles. The number of nitrogens with two attached hydrogens (primary N) is 1. The Balaban J connectivity index is 1.88. The molecule has 1 aromatic rings. The highest BCUT2D eigenvalue weighted by atomic mass is 16.2. The van der Waals surface area contributed by atoms with Gasteiger partial charge in [0.25, 0.3) is 0 Å². The van der Waals surface area contributed by atoms with E-state index in [0.29, 0.717) is 5.92 Å². The van der Waals surface area contributed by atoms with Gasteiger partial charge in [-0.2, -0.15) is 0 Å². The molecule has 1 atom stereocenters. The average Bonchev–Trinajstić information content (AvgIpc) is 3.22. The summed E-state index contributed by atoms with van der Waals surface area (Å²) in [5.41, 5.74) is 6.51. The molecule has 110 valence electrons. The van der Waals surface area contributed by atoms with E-state index < -0.39 is 5.54 Å². The van der Waals surface area contributed by atoms with Crippen LogP contribution in [0.5, 0.6) is 0 Å². The molecule has 1 amide bonds. The van der Waals surface area contributed by atoms with E-state index in [9.17, 15) is 4.79 Å².